The van der Waals surface area contributed by atoms with Crippen LogP contribution in [0.1, 0.15) is 25.3 Å². The number of methoxy groups -OCH3 is 2. The zero-order valence-corrected chi connectivity index (χ0v) is 25.9. The van der Waals surface area contributed by atoms with Gasteiger partial charge in [-0.2, -0.15) is 4.98 Å². The number of anilines is 6. The Bertz CT molecular complexity index is 1480. The van der Waals surface area contributed by atoms with Crippen LogP contribution in [0.5, 0.6) is 11.5 Å². The van der Waals surface area contributed by atoms with Gasteiger partial charge in [-0.25, -0.2) is 13.4 Å². The maximum absolute atomic E-state index is 12.3. The van der Waals surface area contributed by atoms with Crippen LogP contribution in [0.2, 0.25) is 5.02 Å². The first-order valence-corrected chi connectivity index (χ1v) is 15.6. The largest absolute Gasteiger partial charge is 0.497 e. The molecule has 0 aliphatic carbocycles. The number of aromatic nitrogens is 2. The number of aryl methyl sites for hydroxylation is 1. The quantitative estimate of drug-likeness (QED) is 0.282. The van der Waals surface area contributed by atoms with Gasteiger partial charge in [0.25, 0.3) is 0 Å². The van der Waals surface area contributed by atoms with Gasteiger partial charge in [-0.05, 0) is 50.1 Å². The average Bonchev–Trinajstić information content (AvgIpc) is 2.98. The van der Waals surface area contributed by atoms with E-state index in [2.05, 4.69) is 49.9 Å². The number of hydrogen-bond donors (Lipinski definition) is 3. The lowest BCUT2D eigenvalue weighted by molar-refractivity contribution is 0.415. The van der Waals surface area contributed by atoms with E-state index in [1.165, 1.54) is 31.6 Å². The van der Waals surface area contributed by atoms with Crippen molar-refractivity contribution in [1.29, 1.82) is 0 Å². The highest BCUT2D eigenvalue weighted by molar-refractivity contribution is 7.92. The van der Waals surface area contributed by atoms with Crippen molar-refractivity contribution in [3.63, 3.8) is 0 Å². The van der Waals surface area contributed by atoms with E-state index >= 15 is 0 Å². The van der Waals surface area contributed by atoms with E-state index in [-0.39, 0.29) is 5.02 Å². The van der Waals surface area contributed by atoms with E-state index in [4.69, 9.17) is 21.1 Å². The van der Waals surface area contributed by atoms with Gasteiger partial charge < -0.3 is 30.3 Å². The Hall–Kier alpha value is -3.48. The molecule has 0 unspecified atom stereocenters. The van der Waals surface area contributed by atoms with Crippen molar-refractivity contribution in [2.75, 3.05) is 67.5 Å². The highest BCUT2D eigenvalue weighted by Crippen LogP contribution is 2.38. The first-order valence-electron chi connectivity index (χ1n) is 13.4. The predicted octanol–water partition coefficient (Wildman–Crippen LogP) is 4.78. The number of nitrogens with zero attached hydrogens (tertiary/aromatic N) is 4. The number of rotatable bonds is 11. The van der Waals surface area contributed by atoms with Crippen LogP contribution in [-0.4, -0.2) is 72.1 Å². The molecule has 41 heavy (non-hydrogen) atoms. The van der Waals surface area contributed by atoms with Gasteiger partial charge in [0.1, 0.15) is 16.5 Å². The standard InChI is InChI=1S/C28H38ClN7O4S/c1-7-18-14-23(26(40-5)16-24(18)36-12-10-19(30-2)11-13-36)33-28-31-17-21(29)27(34-28)32-22-9-8-20(39-4)15-25(22)35(3)41(6,37)38/h8-9,14-17,19,30H,7,10-13H2,1-6H3,(H2,31,32,33,34). The summed E-state index contributed by atoms with van der Waals surface area (Å²) in [7, 11) is 3.10. The lowest BCUT2D eigenvalue weighted by Gasteiger charge is -2.35. The number of halogens is 1. The lowest BCUT2D eigenvalue weighted by Crippen LogP contribution is -2.41. The minimum absolute atomic E-state index is 0.265. The van der Waals surface area contributed by atoms with E-state index < -0.39 is 10.0 Å². The predicted molar refractivity (Wildman–Crippen MR) is 167 cm³/mol. The first kappa shape index (κ1) is 30.5. The van der Waals surface area contributed by atoms with Crippen LogP contribution in [0.25, 0.3) is 0 Å². The van der Waals surface area contributed by atoms with Gasteiger partial charge in [-0.15, -0.1) is 0 Å². The summed E-state index contributed by atoms with van der Waals surface area (Å²) in [6, 6.07) is 9.74. The molecular formula is C28H38ClN7O4S. The molecule has 0 atom stereocenters. The van der Waals surface area contributed by atoms with E-state index in [0.717, 1.165) is 48.6 Å². The number of nitrogens with one attached hydrogen (secondary N) is 3. The molecule has 222 valence electrons. The second-order valence-corrected chi connectivity index (χ2v) is 12.3. The molecule has 4 rings (SSSR count). The normalized spacial score (nSPS) is 14.1. The molecule has 1 aliphatic heterocycles. The monoisotopic (exact) mass is 603 g/mol. The topological polar surface area (TPSA) is 121 Å². The molecule has 0 radical (unpaired) electrons. The van der Waals surface area contributed by atoms with Crippen LogP contribution in [-0.2, 0) is 16.4 Å². The molecule has 13 heteroatoms. The number of ether oxygens (including phenoxy) is 2. The van der Waals surface area contributed by atoms with E-state index in [1.54, 1.807) is 25.3 Å². The lowest BCUT2D eigenvalue weighted by atomic mass is 10.0. The summed E-state index contributed by atoms with van der Waals surface area (Å²) >= 11 is 6.46. The van der Waals surface area contributed by atoms with Crippen LogP contribution < -0.4 is 34.6 Å². The second-order valence-electron chi connectivity index (χ2n) is 9.84. The Morgan fingerprint density at radius 3 is 2.44 bits per heavy atom. The molecule has 0 amide bonds. The molecule has 1 aromatic heterocycles. The van der Waals surface area contributed by atoms with E-state index in [0.29, 0.717) is 40.7 Å². The van der Waals surface area contributed by atoms with Gasteiger partial charge in [-0.1, -0.05) is 18.5 Å². The molecule has 1 saturated heterocycles. The average molecular weight is 604 g/mol. The van der Waals surface area contributed by atoms with Gasteiger partial charge in [0.15, 0.2) is 5.82 Å². The highest BCUT2D eigenvalue weighted by Gasteiger charge is 2.22. The van der Waals surface area contributed by atoms with Crippen molar-refractivity contribution in [2.24, 2.45) is 0 Å². The molecule has 0 spiro atoms. The molecule has 3 aromatic rings. The zero-order chi connectivity index (χ0) is 29.7. The third-order valence-corrected chi connectivity index (χ3v) is 8.78. The van der Waals surface area contributed by atoms with Crippen LogP contribution in [0, 0.1) is 0 Å². The maximum atomic E-state index is 12.3. The van der Waals surface area contributed by atoms with E-state index in [1.807, 2.05) is 7.05 Å². The number of piperidine rings is 1. The molecular weight excluding hydrogens is 566 g/mol. The fourth-order valence-corrected chi connectivity index (χ4v) is 5.46. The summed E-state index contributed by atoms with van der Waals surface area (Å²) in [6.45, 7) is 4.09. The molecule has 1 fully saturated rings. The molecule has 1 aliphatic rings. The Balaban J connectivity index is 1.63. The summed E-state index contributed by atoms with van der Waals surface area (Å²) < 4.78 is 36.8. The maximum Gasteiger partial charge on any atom is 0.232 e. The Kier molecular flexibility index (Phi) is 9.67. The van der Waals surface area contributed by atoms with Crippen LogP contribution in [0.4, 0.5) is 34.5 Å². The summed E-state index contributed by atoms with van der Waals surface area (Å²) in [4.78, 5) is 11.4. The van der Waals surface area contributed by atoms with Crippen molar-refractivity contribution < 1.29 is 17.9 Å². The number of hydrogen-bond acceptors (Lipinski definition) is 10. The molecule has 0 bridgehead atoms. The van der Waals surface area contributed by atoms with Gasteiger partial charge in [0.05, 0.1) is 43.7 Å². The van der Waals surface area contributed by atoms with Gasteiger partial charge in [0.2, 0.25) is 16.0 Å². The summed E-state index contributed by atoms with van der Waals surface area (Å²) in [5.74, 6) is 1.78. The molecule has 2 aromatic carbocycles. The SMILES string of the molecule is CCc1cc(Nc2ncc(Cl)c(Nc3ccc(OC)cc3N(C)S(C)(=O)=O)n2)c(OC)cc1N1CCC(NC)CC1. The van der Waals surface area contributed by atoms with Crippen molar-refractivity contribution in [3.05, 3.63) is 47.1 Å². The summed E-state index contributed by atoms with van der Waals surface area (Å²) in [6.07, 6.45) is 5.64. The van der Waals surface area contributed by atoms with Crippen LogP contribution >= 0.6 is 11.6 Å². The van der Waals surface area contributed by atoms with Crippen molar-refractivity contribution in [3.8, 4) is 11.5 Å². The Morgan fingerprint density at radius 2 is 1.83 bits per heavy atom. The van der Waals surface area contributed by atoms with Gasteiger partial charge in [-0.3, -0.25) is 4.31 Å². The zero-order valence-electron chi connectivity index (χ0n) is 24.3. The molecule has 2 heterocycles. The van der Waals surface area contributed by atoms with Crippen molar-refractivity contribution in [1.82, 2.24) is 15.3 Å². The van der Waals surface area contributed by atoms with Gasteiger partial charge >= 0.3 is 0 Å². The molecule has 3 N–H and O–H groups in total. The minimum Gasteiger partial charge on any atom is -0.497 e. The van der Waals surface area contributed by atoms with Crippen molar-refractivity contribution in [2.45, 2.75) is 32.2 Å². The van der Waals surface area contributed by atoms with Crippen LogP contribution in [0.15, 0.2) is 36.5 Å². The smallest absolute Gasteiger partial charge is 0.232 e. The van der Waals surface area contributed by atoms with Crippen LogP contribution in [0.3, 0.4) is 0 Å². The number of benzene rings is 2. The fourth-order valence-electron chi connectivity index (χ4n) is 4.81. The summed E-state index contributed by atoms with van der Waals surface area (Å²) in [5, 5.41) is 10.1. The second kappa shape index (κ2) is 13.0. The minimum atomic E-state index is -3.55. The van der Waals surface area contributed by atoms with Gasteiger partial charge in [0, 0.05) is 44.0 Å². The number of sulfonamides is 1. The highest BCUT2D eigenvalue weighted by atomic mass is 35.5. The third kappa shape index (κ3) is 7.06. The molecule has 0 saturated carbocycles. The third-order valence-electron chi connectivity index (χ3n) is 7.31. The Labute approximate surface area is 247 Å². The first-order chi connectivity index (χ1) is 19.6. The Morgan fingerprint density at radius 1 is 1.10 bits per heavy atom. The summed E-state index contributed by atoms with van der Waals surface area (Å²) in [5.41, 5.74) is 3.94. The molecule has 11 nitrogen and oxygen atoms in total. The van der Waals surface area contributed by atoms with E-state index in [9.17, 15) is 8.42 Å². The van der Waals surface area contributed by atoms with Crippen molar-refractivity contribution >= 4 is 56.1 Å². The fraction of sp³-hybridized carbons (Fsp3) is 0.429.